The zero-order valence-electron chi connectivity index (χ0n) is 20.7. The summed E-state index contributed by atoms with van der Waals surface area (Å²) in [7, 11) is 1.46. The number of hydrogen-bond donors (Lipinski definition) is 3. The molecule has 0 fully saturated rings. The number of anilines is 2. The van der Waals surface area contributed by atoms with Gasteiger partial charge in [-0.25, -0.2) is 0 Å². The number of carboxylic acid groups (broad SMARTS) is 1. The summed E-state index contributed by atoms with van der Waals surface area (Å²) in [5.41, 5.74) is 10.8. The highest BCUT2D eigenvalue weighted by Crippen LogP contribution is 2.29. The van der Waals surface area contributed by atoms with Crippen LogP contribution in [0.4, 0.5) is 16.2 Å². The second kappa shape index (κ2) is 12.1. The second-order valence-corrected chi connectivity index (χ2v) is 9.46. The fourth-order valence-corrected chi connectivity index (χ4v) is 4.74. The fourth-order valence-electron chi connectivity index (χ4n) is 4.08. The van der Waals surface area contributed by atoms with Crippen molar-refractivity contribution in [1.82, 2.24) is 10.2 Å². The zero-order chi connectivity index (χ0) is 27.1. The molecule has 194 valence electrons. The molecule has 0 spiro atoms. The molecule has 4 N–H and O–H groups in total. The zero-order valence-corrected chi connectivity index (χ0v) is 21.5. The van der Waals surface area contributed by atoms with Gasteiger partial charge in [-0.05, 0) is 63.3 Å². The lowest BCUT2D eigenvalue weighted by Crippen LogP contribution is -2.53. The minimum atomic E-state index is -1.44. The predicted octanol–water partition coefficient (Wildman–Crippen LogP) is 3.75. The number of rotatable bonds is 9. The van der Waals surface area contributed by atoms with Gasteiger partial charge in [0.05, 0.1) is 11.4 Å². The van der Waals surface area contributed by atoms with Gasteiger partial charge in [-0.1, -0.05) is 48.5 Å². The second-order valence-electron chi connectivity index (χ2n) is 8.68. The molecule has 1 aromatic heterocycles. The Labute approximate surface area is 224 Å². The highest BCUT2D eigenvalue weighted by Gasteiger charge is 2.26. The van der Waals surface area contributed by atoms with E-state index in [0.29, 0.717) is 22.5 Å². The fraction of sp³-hybridized carbons (Fsp3) is 0.138. The molecule has 3 amide bonds. The van der Waals surface area contributed by atoms with Crippen LogP contribution >= 0.6 is 11.3 Å². The number of benzene rings is 3. The Bertz CT molecular complexity index is 1410. The normalized spacial score (nSPS) is 11.4. The maximum atomic E-state index is 12.9. The van der Waals surface area contributed by atoms with E-state index in [1.54, 1.807) is 65.9 Å². The van der Waals surface area contributed by atoms with Crippen molar-refractivity contribution < 1.29 is 19.5 Å². The number of nitrogens with two attached hydrogens (primary N) is 1. The van der Waals surface area contributed by atoms with E-state index in [1.165, 1.54) is 7.05 Å². The first-order valence-electron chi connectivity index (χ1n) is 11.9. The number of thiophene rings is 1. The predicted molar refractivity (Wildman–Crippen MR) is 148 cm³/mol. The molecule has 0 aliphatic carbocycles. The summed E-state index contributed by atoms with van der Waals surface area (Å²) in [4.78, 5) is 38.6. The molecule has 8 nitrogen and oxygen atoms in total. The number of amides is 3. The molecule has 1 heterocycles. The van der Waals surface area contributed by atoms with Crippen molar-refractivity contribution in [3.05, 3.63) is 106 Å². The quantitative estimate of drug-likeness (QED) is 0.286. The Morgan fingerprint density at radius 2 is 1.68 bits per heavy atom. The van der Waals surface area contributed by atoms with Crippen molar-refractivity contribution in [3.8, 4) is 11.1 Å². The number of nitrogens with one attached hydrogen (secondary N) is 2. The van der Waals surface area contributed by atoms with Crippen LogP contribution < -0.4 is 21.5 Å². The van der Waals surface area contributed by atoms with E-state index in [0.717, 1.165) is 21.6 Å². The van der Waals surface area contributed by atoms with Gasteiger partial charge in [0, 0.05) is 25.6 Å². The summed E-state index contributed by atoms with van der Waals surface area (Å²) >= 11 is 1.58. The molecule has 0 aliphatic heterocycles. The molecule has 0 radical (unpaired) electrons. The van der Waals surface area contributed by atoms with Crippen LogP contribution in [-0.2, 0) is 17.8 Å². The lowest BCUT2D eigenvalue weighted by Gasteiger charge is -2.33. The summed E-state index contributed by atoms with van der Waals surface area (Å²) in [6.45, 7) is 0.00756. The van der Waals surface area contributed by atoms with Crippen LogP contribution in [0.15, 0.2) is 89.6 Å². The van der Waals surface area contributed by atoms with E-state index >= 15 is 0 Å². The largest absolute Gasteiger partial charge is 0.530 e. The minimum Gasteiger partial charge on any atom is -0.530 e. The standard InChI is InChI=1S/C29H28N4O4S/c1-31-28(35)26(33(29(36)37)17-20-5-3-2-4-6-20)15-19-7-9-21(10-8-19)27(34)32-25-16-22(11-12-24(25)30)23-13-14-38-18-23/h2-14,16,18,26H,15,17,30H2,1H3,(H,31,35)(H,32,34)(H,36,37)/p-1/t26-/m0/s1. The van der Waals surface area contributed by atoms with Crippen molar-refractivity contribution in [1.29, 1.82) is 0 Å². The molecule has 3 aromatic carbocycles. The van der Waals surface area contributed by atoms with Crippen LogP contribution in [0.3, 0.4) is 0 Å². The van der Waals surface area contributed by atoms with Gasteiger partial charge in [-0.15, -0.1) is 0 Å². The van der Waals surface area contributed by atoms with Crippen molar-refractivity contribution >= 4 is 40.6 Å². The number of carbonyl (C=O) groups is 3. The van der Waals surface area contributed by atoms with Crippen LogP contribution in [0.2, 0.25) is 0 Å². The van der Waals surface area contributed by atoms with E-state index in [4.69, 9.17) is 5.73 Å². The van der Waals surface area contributed by atoms with E-state index in [1.807, 2.05) is 35.0 Å². The average molecular weight is 528 g/mol. The van der Waals surface area contributed by atoms with E-state index in [2.05, 4.69) is 10.6 Å². The van der Waals surface area contributed by atoms with Gasteiger partial charge in [0.1, 0.15) is 12.1 Å². The highest BCUT2D eigenvalue weighted by atomic mass is 32.1. The molecule has 0 unspecified atom stereocenters. The maximum Gasteiger partial charge on any atom is 0.255 e. The van der Waals surface area contributed by atoms with Crippen LogP contribution in [0, 0.1) is 0 Å². The molecule has 0 bridgehead atoms. The molecule has 9 heteroatoms. The molecule has 4 aromatic rings. The first kappa shape index (κ1) is 26.4. The number of nitrogen functional groups attached to an aromatic ring is 1. The smallest absolute Gasteiger partial charge is 0.255 e. The summed E-state index contributed by atoms with van der Waals surface area (Å²) in [6.07, 6.45) is -1.33. The number of hydrogen-bond acceptors (Lipinski definition) is 6. The van der Waals surface area contributed by atoms with Crippen molar-refractivity contribution in [2.75, 3.05) is 18.1 Å². The topological polar surface area (TPSA) is 128 Å². The lowest BCUT2D eigenvalue weighted by molar-refractivity contribution is -0.268. The third kappa shape index (κ3) is 6.37. The van der Waals surface area contributed by atoms with Gasteiger partial charge in [0.15, 0.2) is 0 Å². The monoisotopic (exact) mass is 527 g/mol. The Balaban J connectivity index is 1.49. The number of likely N-dealkylation sites (N-methyl/N-ethyl adjacent to an activating group) is 1. The van der Waals surface area contributed by atoms with Gasteiger partial charge >= 0.3 is 0 Å². The van der Waals surface area contributed by atoms with E-state index in [-0.39, 0.29) is 18.9 Å². The maximum absolute atomic E-state index is 12.9. The Morgan fingerprint density at radius 1 is 0.947 bits per heavy atom. The summed E-state index contributed by atoms with van der Waals surface area (Å²) in [5.74, 6) is -0.790. The van der Waals surface area contributed by atoms with Crippen LogP contribution in [0.25, 0.3) is 11.1 Å². The Kier molecular flexibility index (Phi) is 8.40. The van der Waals surface area contributed by atoms with E-state index in [9.17, 15) is 19.5 Å². The summed E-state index contributed by atoms with van der Waals surface area (Å²) in [5, 5.41) is 21.4. The van der Waals surface area contributed by atoms with Gasteiger partial charge in [-0.3, -0.25) is 9.59 Å². The van der Waals surface area contributed by atoms with Gasteiger partial charge < -0.3 is 31.2 Å². The van der Waals surface area contributed by atoms with Gasteiger partial charge in [-0.2, -0.15) is 11.3 Å². The third-order valence-electron chi connectivity index (χ3n) is 6.16. The molecule has 0 aliphatic rings. The number of carbonyl (C=O) groups excluding carboxylic acids is 3. The van der Waals surface area contributed by atoms with Crippen molar-refractivity contribution in [2.24, 2.45) is 0 Å². The van der Waals surface area contributed by atoms with Crippen LogP contribution in [0.1, 0.15) is 21.5 Å². The molecule has 1 atom stereocenters. The van der Waals surface area contributed by atoms with Crippen molar-refractivity contribution in [2.45, 2.75) is 19.0 Å². The Hall–Kier alpha value is -4.63. The van der Waals surface area contributed by atoms with Crippen LogP contribution in [-0.4, -0.2) is 35.9 Å². The first-order chi connectivity index (χ1) is 18.4. The molecular weight excluding hydrogens is 500 g/mol. The molecule has 0 saturated heterocycles. The van der Waals surface area contributed by atoms with E-state index < -0.39 is 18.0 Å². The first-order valence-corrected chi connectivity index (χ1v) is 12.9. The molecule has 0 saturated carbocycles. The SMILES string of the molecule is CNC(=O)[C@H](Cc1ccc(C(=O)Nc2cc(-c3ccsc3)ccc2N)cc1)N(Cc1ccccc1)C(=O)[O-]. The lowest BCUT2D eigenvalue weighted by atomic mass is 10.0. The Morgan fingerprint density at radius 3 is 2.32 bits per heavy atom. The number of nitrogens with zero attached hydrogens (tertiary/aromatic N) is 1. The minimum absolute atomic E-state index is 0.00756. The van der Waals surface area contributed by atoms with Gasteiger partial charge in [0.2, 0.25) is 5.91 Å². The summed E-state index contributed by atoms with van der Waals surface area (Å²) in [6, 6.07) is 22.1. The molecule has 38 heavy (non-hydrogen) atoms. The average Bonchev–Trinajstić information content (AvgIpc) is 3.47. The highest BCUT2D eigenvalue weighted by molar-refractivity contribution is 7.08. The molecular formula is C29H27N4O4S-. The van der Waals surface area contributed by atoms with Crippen molar-refractivity contribution in [3.63, 3.8) is 0 Å². The summed E-state index contributed by atoms with van der Waals surface area (Å²) < 4.78 is 0. The molecule has 4 rings (SSSR count). The van der Waals surface area contributed by atoms with Crippen LogP contribution in [0.5, 0.6) is 0 Å². The van der Waals surface area contributed by atoms with Gasteiger partial charge in [0.25, 0.3) is 5.91 Å². The third-order valence-corrected chi connectivity index (χ3v) is 6.84.